The second kappa shape index (κ2) is 6.30. The van der Waals surface area contributed by atoms with Crippen molar-refractivity contribution in [2.45, 2.75) is 13.5 Å². The smallest absolute Gasteiger partial charge is 0.263 e. The van der Waals surface area contributed by atoms with Crippen LogP contribution in [0.4, 0.5) is 5.82 Å². The molecule has 0 spiro atoms. The second-order valence-electron chi connectivity index (χ2n) is 4.85. The standard InChI is InChI=1S/C17H17N3O2/c1-2-20-16(10-11-18-20)19-17(21)12-22-15-9-5-7-13-6-3-4-8-14(13)15/h3-11H,2,12H2,1H3,(H,19,21). The number of nitrogens with zero attached hydrogens (tertiary/aromatic N) is 2. The van der Waals surface area contributed by atoms with Crippen molar-refractivity contribution in [2.75, 3.05) is 11.9 Å². The summed E-state index contributed by atoms with van der Waals surface area (Å²) in [6.45, 7) is 2.63. The normalized spacial score (nSPS) is 10.6. The molecule has 0 fully saturated rings. The number of fused-ring (bicyclic) bond motifs is 1. The molecule has 5 nitrogen and oxygen atoms in total. The Bertz CT molecular complexity index is 790. The number of hydrogen-bond acceptors (Lipinski definition) is 3. The molecule has 0 aliphatic heterocycles. The molecule has 3 rings (SSSR count). The van der Waals surface area contributed by atoms with E-state index in [0.717, 1.165) is 10.8 Å². The van der Waals surface area contributed by atoms with Gasteiger partial charge in [-0.3, -0.25) is 4.79 Å². The molecule has 0 radical (unpaired) electrons. The van der Waals surface area contributed by atoms with Crippen molar-refractivity contribution in [1.29, 1.82) is 0 Å². The first-order valence-electron chi connectivity index (χ1n) is 7.20. The van der Waals surface area contributed by atoms with Gasteiger partial charge in [0.15, 0.2) is 6.61 Å². The van der Waals surface area contributed by atoms with Crippen LogP contribution in [0, 0.1) is 0 Å². The first kappa shape index (κ1) is 14.1. The topological polar surface area (TPSA) is 56.2 Å². The summed E-state index contributed by atoms with van der Waals surface area (Å²) in [5.41, 5.74) is 0. The van der Waals surface area contributed by atoms with Crippen molar-refractivity contribution in [1.82, 2.24) is 9.78 Å². The maximum atomic E-state index is 12.0. The zero-order valence-corrected chi connectivity index (χ0v) is 12.3. The second-order valence-corrected chi connectivity index (χ2v) is 4.85. The van der Waals surface area contributed by atoms with Gasteiger partial charge in [-0.1, -0.05) is 36.4 Å². The van der Waals surface area contributed by atoms with Crippen LogP contribution in [-0.2, 0) is 11.3 Å². The molecule has 0 unspecified atom stereocenters. The number of carbonyl (C=O) groups is 1. The van der Waals surface area contributed by atoms with Gasteiger partial charge in [-0.15, -0.1) is 0 Å². The molecule has 0 aliphatic carbocycles. The van der Waals surface area contributed by atoms with Crippen LogP contribution >= 0.6 is 0 Å². The first-order valence-corrected chi connectivity index (χ1v) is 7.20. The monoisotopic (exact) mass is 295 g/mol. The molecule has 0 aliphatic rings. The number of nitrogens with one attached hydrogen (secondary N) is 1. The van der Waals surface area contributed by atoms with Crippen molar-refractivity contribution >= 4 is 22.5 Å². The van der Waals surface area contributed by atoms with Gasteiger partial charge in [0.05, 0.1) is 6.20 Å². The van der Waals surface area contributed by atoms with Gasteiger partial charge in [-0.2, -0.15) is 5.10 Å². The molecule has 0 saturated carbocycles. The highest BCUT2D eigenvalue weighted by atomic mass is 16.5. The largest absolute Gasteiger partial charge is 0.483 e. The maximum Gasteiger partial charge on any atom is 0.263 e. The third-order valence-electron chi connectivity index (χ3n) is 3.39. The van der Waals surface area contributed by atoms with E-state index < -0.39 is 0 Å². The molecule has 0 bridgehead atoms. The lowest BCUT2D eigenvalue weighted by molar-refractivity contribution is -0.118. The van der Waals surface area contributed by atoms with Gasteiger partial charge in [-0.05, 0) is 18.4 Å². The van der Waals surface area contributed by atoms with Gasteiger partial charge in [0.2, 0.25) is 0 Å². The van der Waals surface area contributed by atoms with Crippen LogP contribution in [0.15, 0.2) is 54.7 Å². The molecular formula is C17H17N3O2. The van der Waals surface area contributed by atoms with E-state index in [1.165, 1.54) is 0 Å². The van der Waals surface area contributed by atoms with Crippen molar-refractivity contribution in [3.05, 3.63) is 54.7 Å². The summed E-state index contributed by atoms with van der Waals surface area (Å²) in [7, 11) is 0. The molecule has 2 aromatic carbocycles. The Balaban J connectivity index is 1.68. The summed E-state index contributed by atoms with van der Waals surface area (Å²) in [5, 5.41) is 8.99. The van der Waals surface area contributed by atoms with E-state index in [1.54, 1.807) is 16.9 Å². The minimum absolute atomic E-state index is 0.0388. The van der Waals surface area contributed by atoms with Crippen LogP contribution in [0.5, 0.6) is 5.75 Å². The summed E-state index contributed by atoms with van der Waals surface area (Å²) >= 11 is 0. The minimum Gasteiger partial charge on any atom is -0.483 e. The molecule has 5 heteroatoms. The Labute approximate surface area is 128 Å². The lowest BCUT2D eigenvalue weighted by Crippen LogP contribution is -2.22. The quantitative estimate of drug-likeness (QED) is 0.787. The molecule has 22 heavy (non-hydrogen) atoms. The number of benzene rings is 2. The third kappa shape index (κ3) is 2.93. The Morgan fingerprint density at radius 1 is 1.18 bits per heavy atom. The SMILES string of the molecule is CCn1nccc1NC(=O)COc1cccc2ccccc12. The van der Waals surface area contributed by atoms with Crippen LogP contribution in [0.1, 0.15) is 6.92 Å². The number of rotatable bonds is 5. The summed E-state index contributed by atoms with van der Waals surface area (Å²) < 4.78 is 7.38. The molecule has 1 heterocycles. The predicted octanol–water partition coefficient (Wildman–Crippen LogP) is 3.07. The van der Waals surface area contributed by atoms with Gasteiger partial charge in [0.25, 0.3) is 5.91 Å². The Hall–Kier alpha value is -2.82. The van der Waals surface area contributed by atoms with Gasteiger partial charge < -0.3 is 10.1 Å². The average molecular weight is 295 g/mol. The lowest BCUT2D eigenvalue weighted by Gasteiger charge is -2.10. The Morgan fingerprint density at radius 3 is 2.86 bits per heavy atom. The minimum atomic E-state index is -0.205. The van der Waals surface area contributed by atoms with Crippen molar-refractivity contribution < 1.29 is 9.53 Å². The molecule has 1 amide bonds. The number of ether oxygens (including phenoxy) is 1. The van der Waals surface area contributed by atoms with E-state index >= 15 is 0 Å². The van der Waals surface area contributed by atoms with E-state index in [4.69, 9.17) is 4.74 Å². The summed E-state index contributed by atoms with van der Waals surface area (Å²) in [4.78, 5) is 12.0. The number of carbonyl (C=O) groups excluding carboxylic acids is 1. The van der Waals surface area contributed by atoms with E-state index in [9.17, 15) is 4.79 Å². The number of hydrogen-bond donors (Lipinski definition) is 1. The fraction of sp³-hybridized carbons (Fsp3) is 0.176. The number of anilines is 1. The van der Waals surface area contributed by atoms with E-state index in [-0.39, 0.29) is 12.5 Å². The highest BCUT2D eigenvalue weighted by Gasteiger charge is 2.08. The highest BCUT2D eigenvalue weighted by molar-refractivity contribution is 5.92. The summed E-state index contributed by atoms with van der Waals surface area (Å²) in [6.07, 6.45) is 1.66. The third-order valence-corrected chi connectivity index (χ3v) is 3.39. The fourth-order valence-electron chi connectivity index (χ4n) is 2.33. The maximum absolute atomic E-state index is 12.0. The van der Waals surface area contributed by atoms with Crippen molar-refractivity contribution in [3.8, 4) is 5.75 Å². The van der Waals surface area contributed by atoms with E-state index in [1.807, 2.05) is 49.4 Å². The van der Waals surface area contributed by atoms with Gasteiger partial charge >= 0.3 is 0 Å². The molecular weight excluding hydrogens is 278 g/mol. The Kier molecular flexibility index (Phi) is 4.05. The molecule has 112 valence electrons. The zero-order chi connectivity index (χ0) is 15.4. The van der Waals surface area contributed by atoms with Crippen molar-refractivity contribution in [3.63, 3.8) is 0 Å². The van der Waals surface area contributed by atoms with Gasteiger partial charge in [0, 0.05) is 18.0 Å². The molecule has 3 aromatic rings. The predicted molar refractivity (Wildman–Crippen MR) is 86.0 cm³/mol. The van der Waals surface area contributed by atoms with Crippen LogP contribution in [0.25, 0.3) is 10.8 Å². The van der Waals surface area contributed by atoms with E-state index in [2.05, 4.69) is 10.4 Å². The molecule has 0 saturated heterocycles. The summed E-state index contributed by atoms with van der Waals surface area (Å²) in [6, 6.07) is 15.5. The van der Waals surface area contributed by atoms with Crippen LogP contribution in [0.3, 0.4) is 0 Å². The van der Waals surface area contributed by atoms with Crippen molar-refractivity contribution in [2.24, 2.45) is 0 Å². The highest BCUT2D eigenvalue weighted by Crippen LogP contribution is 2.25. The zero-order valence-electron chi connectivity index (χ0n) is 12.3. The van der Waals surface area contributed by atoms with Crippen LogP contribution in [0.2, 0.25) is 0 Å². The molecule has 1 aromatic heterocycles. The van der Waals surface area contributed by atoms with Crippen LogP contribution in [-0.4, -0.2) is 22.3 Å². The average Bonchev–Trinajstić information content (AvgIpc) is 3.00. The molecule has 1 N–H and O–H groups in total. The fourth-order valence-corrected chi connectivity index (χ4v) is 2.33. The van der Waals surface area contributed by atoms with E-state index in [0.29, 0.717) is 18.1 Å². The van der Waals surface area contributed by atoms with Gasteiger partial charge in [-0.25, -0.2) is 4.68 Å². The Morgan fingerprint density at radius 2 is 2.00 bits per heavy atom. The first-order chi connectivity index (χ1) is 10.8. The number of aromatic nitrogens is 2. The number of amides is 1. The number of aryl methyl sites for hydroxylation is 1. The molecule has 0 atom stereocenters. The van der Waals surface area contributed by atoms with Gasteiger partial charge in [0.1, 0.15) is 11.6 Å². The summed E-state index contributed by atoms with van der Waals surface area (Å²) in [5.74, 6) is 1.18. The lowest BCUT2D eigenvalue weighted by atomic mass is 10.1. The van der Waals surface area contributed by atoms with Crippen LogP contribution < -0.4 is 10.1 Å².